The van der Waals surface area contributed by atoms with Gasteiger partial charge in [0.15, 0.2) is 5.82 Å². The maximum atomic E-state index is 13.4. The first-order valence-corrected chi connectivity index (χ1v) is 16.8. The van der Waals surface area contributed by atoms with Crippen molar-refractivity contribution in [3.05, 3.63) is 154 Å². The first kappa shape index (κ1) is 36.0. The van der Waals surface area contributed by atoms with Crippen LogP contribution in [0.2, 0.25) is 0 Å². The van der Waals surface area contributed by atoms with Gasteiger partial charge in [0, 0.05) is 26.1 Å². The number of benzene rings is 4. The number of nitrogens with zero attached hydrogens (tertiary/aromatic N) is 2. The molecule has 1 aliphatic heterocycles. The van der Waals surface area contributed by atoms with E-state index in [0.29, 0.717) is 11.5 Å². The van der Waals surface area contributed by atoms with Gasteiger partial charge in [-0.05, 0) is 46.5 Å². The SMILES string of the molecule is COc1ccc(C(OC[C@H]2O[C@@H](n3cc(C(=O)NCc4ccccc4)c(NC(C)=O)nc3=O)C[C@@H]2O)(c2ccccc2)c2ccc(OC)cc2)cc1. The maximum Gasteiger partial charge on any atom is 0.351 e. The molecular weight excluding hydrogens is 664 g/mol. The van der Waals surface area contributed by atoms with Crippen LogP contribution in [-0.4, -0.2) is 59.5 Å². The van der Waals surface area contributed by atoms with Gasteiger partial charge >= 0.3 is 5.69 Å². The molecule has 0 spiro atoms. The number of aromatic nitrogens is 2. The summed E-state index contributed by atoms with van der Waals surface area (Å²) < 4.78 is 25.2. The number of anilines is 1. The molecule has 0 aliphatic carbocycles. The van der Waals surface area contributed by atoms with Crippen molar-refractivity contribution in [3.63, 3.8) is 0 Å². The molecule has 0 unspecified atom stereocenters. The summed E-state index contributed by atoms with van der Waals surface area (Å²) in [5.41, 5.74) is 1.32. The van der Waals surface area contributed by atoms with Gasteiger partial charge in [-0.2, -0.15) is 4.98 Å². The van der Waals surface area contributed by atoms with Gasteiger partial charge in [-0.3, -0.25) is 14.2 Å². The Hall–Kier alpha value is -5.82. The Morgan fingerprint density at radius 3 is 1.98 bits per heavy atom. The van der Waals surface area contributed by atoms with E-state index in [9.17, 15) is 19.5 Å². The fourth-order valence-electron chi connectivity index (χ4n) is 6.29. The number of aliphatic hydroxyl groups is 1. The van der Waals surface area contributed by atoms with E-state index in [2.05, 4.69) is 15.6 Å². The van der Waals surface area contributed by atoms with Crippen LogP contribution in [0.1, 0.15) is 52.2 Å². The summed E-state index contributed by atoms with van der Waals surface area (Å²) in [6, 6.07) is 34.1. The molecule has 6 rings (SSSR count). The predicted octanol–water partition coefficient (Wildman–Crippen LogP) is 4.81. The Morgan fingerprint density at radius 2 is 1.42 bits per heavy atom. The average Bonchev–Trinajstić information content (AvgIpc) is 3.54. The van der Waals surface area contributed by atoms with Crippen molar-refractivity contribution in [1.29, 1.82) is 0 Å². The molecule has 1 aliphatic rings. The lowest BCUT2D eigenvalue weighted by molar-refractivity contribution is -0.114. The molecule has 4 aromatic carbocycles. The highest BCUT2D eigenvalue weighted by Gasteiger charge is 2.42. The van der Waals surface area contributed by atoms with Gasteiger partial charge in [0.1, 0.15) is 29.4 Å². The fourth-order valence-corrected chi connectivity index (χ4v) is 6.29. The number of ether oxygens (including phenoxy) is 4. The first-order valence-electron chi connectivity index (χ1n) is 16.8. The molecule has 12 nitrogen and oxygen atoms in total. The summed E-state index contributed by atoms with van der Waals surface area (Å²) in [5, 5.41) is 16.6. The van der Waals surface area contributed by atoms with E-state index in [1.54, 1.807) is 14.2 Å². The molecule has 1 saturated heterocycles. The summed E-state index contributed by atoms with van der Waals surface area (Å²) in [7, 11) is 3.20. The Bertz CT molecular complexity index is 1990. The molecule has 0 bridgehead atoms. The number of methoxy groups -OCH3 is 2. The summed E-state index contributed by atoms with van der Waals surface area (Å²) in [4.78, 5) is 42.7. The van der Waals surface area contributed by atoms with Crippen LogP contribution in [0.3, 0.4) is 0 Å². The normalized spacial score (nSPS) is 17.0. The fraction of sp³-hybridized carbons (Fsp3) is 0.250. The van der Waals surface area contributed by atoms with Crippen molar-refractivity contribution < 1.29 is 33.6 Å². The van der Waals surface area contributed by atoms with E-state index >= 15 is 0 Å². The molecule has 0 saturated carbocycles. The minimum absolute atomic E-state index is 0.0174. The Kier molecular flexibility index (Phi) is 11.1. The number of carbonyl (C=O) groups excluding carboxylic acids is 2. The van der Waals surface area contributed by atoms with Crippen molar-refractivity contribution >= 4 is 17.6 Å². The molecule has 3 atom stereocenters. The maximum absolute atomic E-state index is 13.4. The summed E-state index contributed by atoms with van der Waals surface area (Å²) in [6.07, 6.45) is -1.58. The van der Waals surface area contributed by atoms with E-state index in [-0.39, 0.29) is 31.0 Å². The van der Waals surface area contributed by atoms with E-state index in [4.69, 9.17) is 18.9 Å². The van der Waals surface area contributed by atoms with Crippen LogP contribution >= 0.6 is 0 Å². The Labute approximate surface area is 301 Å². The largest absolute Gasteiger partial charge is 0.497 e. The second-order valence-electron chi connectivity index (χ2n) is 12.3. The van der Waals surface area contributed by atoms with E-state index in [1.807, 2.05) is 109 Å². The van der Waals surface area contributed by atoms with Gasteiger partial charge in [0.2, 0.25) is 5.91 Å². The van der Waals surface area contributed by atoms with Crippen LogP contribution < -0.4 is 25.8 Å². The molecule has 1 aromatic heterocycles. The Morgan fingerprint density at radius 1 is 0.865 bits per heavy atom. The third kappa shape index (κ3) is 7.74. The smallest absolute Gasteiger partial charge is 0.351 e. The van der Waals surface area contributed by atoms with Crippen molar-refractivity contribution in [2.75, 3.05) is 26.1 Å². The number of aliphatic hydroxyl groups excluding tert-OH is 1. The minimum Gasteiger partial charge on any atom is -0.497 e. The van der Waals surface area contributed by atoms with E-state index in [0.717, 1.165) is 26.8 Å². The molecule has 5 aromatic rings. The second-order valence-corrected chi connectivity index (χ2v) is 12.3. The number of nitrogens with one attached hydrogen (secondary N) is 2. The van der Waals surface area contributed by atoms with Gasteiger partial charge in [-0.15, -0.1) is 0 Å². The van der Waals surface area contributed by atoms with E-state index in [1.165, 1.54) is 13.1 Å². The molecule has 12 heteroatoms. The van der Waals surface area contributed by atoms with Crippen LogP contribution in [0.5, 0.6) is 11.5 Å². The van der Waals surface area contributed by atoms with Crippen LogP contribution in [0.4, 0.5) is 5.82 Å². The molecule has 0 radical (unpaired) electrons. The summed E-state index contributed by atoms with van der Waals surface area (Å²) in [6.45, 7) is 1.39. The van der Waals surface area contributed by atoms with Gasteiger partial charge in [-0.1, -0.05) is 84.9 Å². The minimum atomic E-state index is -1.16. The quantitative estimate of drug-likeness (QED) is 0.147. The number of carbonyl (C=O) groups is 2. The van der Waals surface area contributed by atoms with Gasteiger partial charge in [-0.25, -0.2) is 4.79 Å². The topological polar surface area (TPSA) is 150 Å². The predicted molar refractivity (Wildman–Crippen MR) is 193 cm³/mol. The third-order valence-electron chi connectivity index (χ3n) is 8.94. The van der Waals surface area contributed by atoms with E-state index < -0.39 is 41.5 Å². The zero-order valence-corrected chi connectivity index (χ0v) is 29.0. The average molecular weight is 705 g/mol. The number of hydrogen-bond acceptors (Lipinski definition) is 9. The van der Waals surface area contributed by atoms with Crippen molar-refractivity contribution in [3.8, 4) is 11.5 Å². The molecule has 3 N–H and O–H groups in total. The van der Waals surface area contributed by atoms with Crippen LogP contribution in [0.15, 0.2) is 120 Å². The lowest BCUT2D eigenvalue weighted by Crippen LogP contribution is -2.38. The summed E-state index contributed by atoms with van der Waals surface area (Å²) >= 11 is 0. The Balaban J connectivity index is 1.31. The molecule has 52 heavy (non-hydrogen) atoms. The van der Waals surface area contributed by atoms with Crippen LogP contribution in [0.25, 0.3) is 0 Å². The molecule has 2 amide bonds. The van der Waals surface area contributed by atoms with Crippen molar-refractivity contribution in [2.24, 2.45) is 0 Å². The lowest BCUT2D eigenvalue weighted by atomic mass is 9.80. The zero-order chi connectivity index (χ0) is 36.7. The van der Waals surface area contributed by atoms with Crippen molar-refractivity contribution in [1.82, 2.24) is 14.9 Å². The zero-order valence-electron chi connectivity index (χ0n) is 29.0. The standard InChI is InChI=1S/C40H40N4O8/c1-26(45)42-37-33(38(47)41-23-27-10-6-4-7-11-27)24-44(39(48)43-37)36-22-34(46)35(52-36)25-51-40(28-12-8-5-9-13-28,29-14-18-31(49-2)19-15-29)30-16-20-32(50-3)21-17-30/h4-21,24,34-36,46H,22-23,25H2,1-3H3,(H,41,47)(H,42,43,45,48)/t34-,35+,36+/m0/s1. The van der Waals surface area contributed by atoms with Gasteiger partial charge in [0.05, 0.1) is 32.5 Å². The first-order chi connectivity index (χ1) is 25.2. The number of hydrogen-bond donors (Lipinski definition) is 3. The highest BCUT2D eigenvalue weighted by atomic mass is 16.6. The number of rotatable bonds is 13. The second kappa shape index (κ2) is 16.0. The molecule has 268 valence electrons. The lowest BCUT2D eigenvalue weighted by Gasteiger charge is -2.37. The number of amides is 2. The van der Waals surface area contributed by atoms with Crippen LogP contribution in [0, 0.1) is 0 Å². The molecule has 1 fully saturated rings. The van der Waals surface area contributed by atoms with Crippen LogP contribution in [-0.2, 0) is 26.4 Å². The van der Waals surface area contributed by atoms with Gasteiger partial charge < -0.3 is 34.7 Å². The highest BCUT2D eigenvalue weighted by Crippen LogP contribution is 2.42. The molecule has 2 heterocycles. The van der Waals surface area contributed by atoms with Crippen molar-refractivity contribution in [2.45, 2.75) is 43.9 Å². The third-order valence-corrected chi connectivity index (χ3v) is 8.94. The highest BCUT2D eigenvalue weighted by molar-refractivity contribution is 6.01. The van der Waals surface area contributed by atoms with Gasteiger partial charge in [0.25, 0.3) is 5.91 Å². The summed E-state index contributed by atoms with van der Waals surface area (Å²) in [5.74, 6) is 0.120. The molecular formula is C40H40N4O8. The monoisotopic (exact) mass is 704 g/mol.